The van der Waals surface area contributed by atoms with Crippen LogP contribution in [0.25, 0.3) is 10.9 Å². The molecule has 104 valence electrons. The minimum atomic E-state index is -3.11. The summed E-state index contributed by atoms with van der Waals surface area (Å²) in [5, 5.41) is 9.17. The molecule has 0 aliphatic carbocycles. The van der Waals surface area contributed by atoms with Crippen LogP contribution >= 0.6 is 12.4 Å². The standard InChI is InChI=1S/C11H12F2N4O.ClH/c12-11(13,5-14)6-15-10(18)9-7-3-1-2-4-8(7)16-17-9;/h1-4H,5-6,14H2,(H,15,18)(H,16,17);1H. The van der Waals surface area contributed by atoms with Gasteiger partial charge in [-0.3, -0.25) is 9.89 Å². The average molecular weight is 291 g/mol. The topological polar surface area (TPSA) is 83.8 Å². The molecule has 4 N–H and O–H groups in total. The Balaban J connectivity index is 0.00000180. The van der Waals surface area contributed by atoms with Crippen molar-refractivity contribution >= 4 is 29.2 Å². The molecule has 0 aliphatic rings. The van der Waals surface area contributed by atoms with Gasteiger partial charge in [-0.05, 0) is 6.07 Å². The number of carbonyl (C=O) groups excluding carboxylic acids is 1. The normalized spacial score (nSPS) is 11.1. The van der Waals surface area contributed by atoms with E-state index in [0.717, 1.165) is 0 Å². The Kier molecular flexibility index (Phi) is 4.79. The third-order valence-electron chi connectivity index (χ3n) is 2.49. The number of aromatic amines is 1. The van der Waals surface area contributed by atoms with Gasteiger partial charge in [-0.25, -0.2) is 8.78 Å². The summed E-state index contributed by atoms with van der Waals surface area (Å²) in [6.45, 7) is -1.61. The van der Waals surface area contributed by atoms with Gasteiger partial charge in [0.1, 0.15) is 0 Å². The van der Waals surface area contributed by atoms with Gasteiger partial charge in [0.2, 0.25) is 0 Å². The quantitative estimate of drug-likeness (QED) is 0.794. The summed E-state index contributed by atoms with van der Waals surface area (Å²) in [6.07, 6.45) is 0. The second kappa shape index (κ2) is 5.94. The predicted molar refractivity (Wildman–Crippen MR) is 69.7 cm³/mol. The first-order valence-corrected chi connectivity index (χ1v) is 5.33. The number of nitrogens with one attached hydrogen (secondary N) is 2. The lowest BCUT2D eigenvalue weighted by molar-refractivity contribution is 0.0118. The van der Waals surface area contributed by atoms with Crippen molar-refractivity contribution in [1.29, 1.82) is 0 Å². The van der Waals surface area contributed by atoms with Gasteiger partial charge in [-0.15, -0.1) is 12.4 Å². The monoisotopic (exact) mass is 290 g/mol. The van der Waals surface area contributed by atoms with Crippen molar-refractivity contribution in [3.05, 3.63) is 30.0 Å². The average Bonchev–Trinajstić information content (AvgIpc) is 2.80. The maximum absolute atomic E-state index is 12.9. The van der Waals surface area contributed by atoms with Crippen LogP contribution < -0.4 is 11.1 Å². The Labute approximate surface area is 114 Å². The molecular formula is C11H13ClF2N4O. The van der Waals surface area contributed by atoms with Crippen molar-refractivity contribution in [1.82, 2.24) is 15.5 Å². The highest BCUT2D eigenvalue weighted by atomic mass is 35.5. The van der Waals surface area contributed by atoms with Gasteiger partial charge in [-0.2, -0.15) is 5.10 Å². The number of carbonyl (C=O) groups is 1. The number of amides is 1. The van der Waals surface area contributed by atoms with Crippen LogP contribution in [0.15, 0.2) is 24.3 Å². The smallest absolute Gasteiger partial charge is 0.277 e. The number of hydrogen-bond donors (Lipinski definition) is 3. The molecule has 0 bridgehead atoms. The third-order valence-corrected chi connectivity index (χ3v) is 2.49. The lowest BCUT2D eigenvalue weighted by Gasteiger charge is -2.13. The van der Waals surface area contributed by atoms with E-state index < -0.39 is 24.9 Å². The summed E-state index contributed by atoms with van der Waals surface area (Å²) in [4.78, 5) is 11.7. The van der Waals surface area contributed by atoms with E-state index in [1.165, 1.54) is 0 Å². The van der Waals surface area contributed by atoms with E-state index in [0.29, 0.717) is 10.9 Å². The largest absolute Gasteiger partial charge is 0.345 e. The lowest BCUT2D eigenvalue weighted by Crippen LogP contribution is -2.41. The zero-order valence-electron chi connectivity index (χ0n) is 9.82. The molecule has 8 heteroatoms. The van der Waals surface area contributed by atoms with Crippen LogP contribution in [-0.2, 0) is 0 Å². The van der Waals surface area contributed by atoms with Gasteiger partial charge in [0.05, 0.1) is 18.6 Å². The maximum Gasteiger partial charge on any atom is 0.277 e. The summed E-state index contributed by atoms with van der Waals surface area (Å²) in [7, 11) is 0. The van der Waals surface area contributed by atoms with Crippen molar-refractivity contribution in [2.45, 2.75) is 5.92 Å². The zero-order chi connectivity index (χ0) is 13.2. The Morgan fingerprint density at radius 2 is 2.11 bits per heavy atom. The molecular weight excluding hydrogens is 278 g/mol. The van der Waals surface area contributed by atoms with E-state index in [9.17, 15) is 13.6 Å². The Hall–Kier alpha value is -1.73. The van der Waals surface area contributed by atoms with E-state index >= 15 is 0 Å². The molecule has 0 fully saturated rings. The van der Waals surface area contributed by atoms with Crippen LogP contribution in [0.1, 0.15) is 10.5 Å². The number of benzene rings is 1. The van der Waals surface area contributed by atoms with Crippen molar-refractivity contribution in [2.75, 3.05) is 13.1 Å². The first-order chi connectivity index (χ1) is 8.53. The summed E-state index contributed by atoms with van der Waals surface area (Å²) < 4.78 is 25.8. The molecule has 1 heterocycles. The highest BCUT2D eigenvalue weighted by Crippen LogP contribution is 2.15. The van der Waals surface area contributed by atoms with Crippen LogP contribution in [-0.4, -0.2) is 35.1 Å². The van der Waals surface area contributed by atoms with Crippen LogP contribution in [0.5, 0.6) is 0 Å². The summed E-state index contributed by atoms with van der Waals surface area (Å²) in [5.74, 6) is -3.76. The molecule has 0 spiro atoms. The van der Waals surface area contributed by atoms with Crippen LogP contribution in [0.3, 0.4) is 0 Å². The SMILES string of the molecule is Cl.NCC(F)(F)CNC(=O)c1n[nH]c2ccccc12. The van der Waals surface area contributed by atoms with Crippen molar-refractivity contribution in [3.63, 3.8) is 0 Å². The van der Waals surface area contributed by atoms with Crippen LogP contribution in [0, 0.1) is 0 Å². The number of alkyl halides is 2. The molecule has 1 amide bonds. The van der Waals surface area contributed by atoms with Gasteiger partial charge in [0.25, 0.3) is 11.8 Å². The lowest BCUT2D eigenvalue weighted by atomic mass is 10.2. The highest BCUT2D eigenvalue weighted by molar-refractivity contribution is 6.04. The van der Waals surface area contributed by atoms with Crippen LogP contribution in [0.4, 0.5) is 8.78 Å². The number of para-hydroxylation sites is 1. The molecule has 0 saturated carbocycles. The fourth-order valence-corrected chi connectivity index (χ4v) is 1.50. The number of nitrogens with two attached hydrogens (primary N) is 1. The molecule has 0 aliphatic heterocycles. The Bertz CT molecular complexity index is 573. The van der Waals surface area contributed by atoms with Gasteiger partial charge in [0.15, 0.2) is 5.69 Å². The van der Waals surface area contributed by atoms with Gasteiger partial charge < -0.3 is 11.1 Å². The van der Waals surface area contributed by atoms with Gasteiger partial charge >= 0.3 is 0 Å². The van der Waals surface area contributed by atoms with E-state index in [-0.39, 0.29) is 18.1 Å². The van der Waals surface area contributed by atoms with E-state index in [1.54, 1.807) is 24.3 Å². The van der Waals surface area contributed by atoms with Crippen molar-refractivity contribution in [3.8, 4) is 0 Å². The fraction of sp³-hybridized carbons (Fsp3) is 0.273. The molecule has 0 saturated heterocycles. The molecule has 2 aromatic rings. The number of H-pyrrole nitrogens is 1. The molecule has 0 unspecified atom stereocenters. The fourth-order valence-electron chi connectivity index (χ4n) is 1.50. The number of rotatable bonds is 4. The van der Waals surface area contributed by atoms with E-state index in [4.69, 9.17) is 5.73 Å². The van der Waals surface area contributed by atoms with Gasteiger partial charge in [-0.1, -0.05) is 18.2 Å². The zero-order valence-corrected chi connectivity index (χ0v) is 10.6. The maximum atomic E-state index is 12.9. The van der Waals surface area contributed by atoms with E-state index in [1.807, 2.05) is 0 Å². The molecule has 5 nitrogen and oxygen atoms in total. The molecule has 1 aromatic carbocycles. The number of hydrogen-bond acceptors (Lipinski definition) is 3. The van der Waals surface area contributed by atoms with Crippen molar-refractivity contribution < 1.29 is 13.6 Å². The third kappa shape index (κ3) is 3.39. The second-order valence-electron chi connectivity index (χ2n) is 3.86. The molecule has 1 aromatic heterocycles. The van der Waals surface area contributed by atoms with Gasteiger partial charge in [0, 0.05) is 5.39 Å². The minimum Gasteiger partial charge on any atom is -0.345 e. The number of fused-ring (bicyclic) bond motifs is 1. The second-order valence-corrected chi connectivity index (χ2v) is 3.86. The van der Waals surface area contributed by atoms with E-state index in [2.05, 4.69) is 15.5 Å². The molecule has 0 atom stereocenters. The predicted octanol–water partition coefficient (Wildman–Crippen LogP) is 1.31. The Morgan fingerprint density at radius 3 is 2.79 bits per heavy atom. The minimum absolute atomic E-state index is 0. The molecule has 2 rings (SSSR count). The first-order valence-electron chi connectivity index (χ1n) is 5.33. The molecule has 19 heavy (non-hydrogen) atoms. The number of aromatic nitrogens is 2. The van der Waals surface area contributed by atoms with Crippen molar-refractivity contribution in [2.24, 2.45) is 5.73 Å². The Morgan fingerprint density at radius 1 is 1.42 bits per heavy atom. The summed E-state index contributed by atoms with van der Waals surface area (Å²) >= 11 is 0. The first kappa shape index (κ1) is 15.3. The summed E-state index contributed by atoms with van der Waals surface area (Å²) in [6, 6.07) is 6.95. The number of nitrogens with zero attached hydrogens (tertiary/aromatic N) is 1. The summed E-state index contributed by atoms with van der Waals surface area (Å²) in [5.41, 5.74) is 5.65. The van der Waals surface area contributed by atoms with Crippen LogP contribution in [0.2, 0.25) is 0 Å². The highest BCUT2D eigenvalue weighted by Gasteiger charge is 2.28. The number of halogens is 3. The molecule has 0 radical (unpaired) electrons.